The predicted molar refractivity (Wildman–Crippen MR) is 107 cm³/mol. The molecule has 1 N–H and O–H groups in total. The number of unbranched alkanes of at least 4 members (excludes halogenated alkanes) is 1. The van der Waals surface area contributed by atoms with Crippen LogP contribution in [0.3, 0.4) is 0 Å². The number of rotatable bonds is 8. The van der Waals surface area contributed by atoms with Crippen LogP contribution in [0.2, 0.25) is 0 Å². The van der Waals surface area contributed by atoms with Crippen LogP contribution in [0.25, 0.3) is 0 Å². The van der Waals surface area contributed by atoms with Gasteiger partial charge in [-0.3, -0.25) is 9.59 Å². The van der Waals surface area contributed by atoms with Crippen LogP contribution in [0.4, 0.5) is 0 Å². The summed E-state index contributed by atoms with van der Waals surface area (Å²) in [5.41, 5.74) is 0.915. The summed E-state index contributed by atoms with van der Waals surface area (Å²) in [5, 5.41) is 3.13. The lowest BCUT2D eigenvalue weighted by molar-refractivity contribution is -0.143. The lowest BCUT2D eigenvalue weighted by Crippen LogP contribution is -2.49. The number of hydrogen-bond acceptors (Lipinski definition) is 4. The zero-order valence-corrected chi connectivity index (χ0v) is 17.0. The van der Waals surface area contributed by atoms with Crippen LogP contribution in [0, 0.1) is 11.8 Å². The van der Waals surface area contributed by atoms with Gasteiger partial charge in [0.2, 0.25) is 11.8 Å². The average Bonchev–Trinajstić information content (AvgIpc) is 3.24. The average molecular weight is 389 g/mol. The molecule has 6 heteroatoms. The highest BCUT2D eigenvalue weighted by Crippen LogP contribution is 2.40. The first kappa shape index (κ1) is 20.6. The fourth-order valence-electron chi connectivity index (χ4n) is 4.24. The van der Waals surface area contributed by atoms with Crippen LogP contribution in [-0.2, 0) is 14.3 Å². The highest BCUT2D eigenvalue weighted by molar-refractivity contribution is 5.85. The maximum Gasteiger partial charge on any atom is 0.225 e. The number of benzene rings is 1. The van der Waals surface area contributed by atoms with Crippen molar-refractivity contribution in [2.45, 2.75) is 45.1 Å². The van der Waals surface area contributed by atoms with Crippen LogP contribution in [0.1, 0.15) is 50.6 Å². The second kappa shape index (κ2) is 9.92. The van der Waals surface area contributed by atoms with Gasteiger partial charge < -0.3 is 19.7 Å². The minimum Gasteiger partial charge on any atom is -0.496 e. The number of nitrogens with one attached hydrogen (secondary N) is 1. The minimum atomic E-state index is -0.288. The highest BCUT2D eigenvalue weighted by atomic mass is 16.5. The maximum absolute atomic E-state index is 13.1. The molecule has 0 saturated carbocycles. The quantitative estimate of drug-likeness (QED) is 0.744. The Bertz CT molecular complexity index is 672. The predicted octanol–water partition coefficient (Wildman–Crippen LogP) is 2.93. The molecule has 3 atom stereocenters. The summed E-state index contributed by atoms with van der Waals surface area (Å²) < 4.78 is 11.0. The van der Waals surface area contributed by atoms with Gasteiger partial charge in [-0.1, -0.05) is 31.5 Å². The van der Waals surface area contributed by atoms with Crippen molar-refractivity contribution in [1.82, 2.24) is 10.2 Å². The van der Waals surface area contributed by atoms with Gasteiger partial charge in [0.25, 0.3) is 0 Å². The molecule has 0 aliphatic carbocycles. The van der Waals surface area contributed by atoms with E-state index in [1.54, 1.807) is 7.11 Å². The summed E-state index contributed by atoms with van der Waals surface area (Å²) in [6, 6.07) is 7.45. The van der Waals surface area contributed by atoms with E-state index < -0.39 is 0 Å². The van der Waals surface area contributed by atoms with Gasteiger partial charge >= 0.3 is 0 Å². The third-order valence-electron chi connectivity index (χ3n) is 5.84. The first-order valence-corrected chi connectivity index (χ1v) is 10.4. The Balaban J connectivity index is 1.84. The van der Waals surface area contributed by atoms with E-state index in [0.29, 0.717) is 38.5 Å². The van der Waals surface area contributed by atoms with E-state index >= 15 is 0 Å². The number of amides is 2. The van der Waals surface area contributed by atoms with E-state index in [1.165, 1.54) is 0 Å². The minimum absolute atomic E-state index is 0.0248. The Hall–Kier alpha value is -2.08. The standard InChI is InChI=1S/C22H32N2O4/c1-3-4-12-24-20(25)10-9-18(22(26)23-14-16-11-13-28-15-16)21(24)17-7-5-6-8-19(17)27-2/h5-8,16,18,21H,3-4,9-15H2,1-2H3,(H,23,26). The van der Waals surface area contributed by atoms with Crippen LogP contribution < -0.4 is 10.1 Å². The molecule has 0 bridgehead atoms. The lowest BCUT2D eigenvalue weighted by atomic mass is 9.83. The zero-order valence-electron chi connectivity index (χ0n) is 17.0. The van der Waals surface area contributed by atoms with E-state index in [-0.39, 0.29) is 23.8 Å². The van der Waals surface area contributed by atoms with Gasteiger partial charge in [-0.2, -0.15) is 0 Å². The van der Waals surface area contributed by atoms with Crippen molar-refractivity contribution in [3.8, 4) is 5.75 Å². The smallest absolute Gasteiger partial charge is 0.225 e. The van der Waals surface area contributed by atoms with Crippen molar-refractivity contribution in [3.63, 3.8) is 0 Å². The molecule has 154 valence electrons. The summed E-state index contributed by atoms with van der Waals surface area (Å²) in [4.78, 5) is 27.8. The third-order valence-corrected chi connectivity index (χ3v) is 5.84. The molecular formula is C22H32N2O4. The molecule has 2 saturated heterocycles. The fourth-order valence-corrected chi connectivity index (χ4v) is 4.24. The van der Waals surface area contributed by atoms with E-state index in [2.05, 4.69) is 12.2 Å². The molecule has 2 heterocycles. The summed E-state index contributed by atoms with van der Waals surface area (Å²) in [5.74, 6) is 0.989. The van der Waals surface area contributed by atoms with Gasteiger partial charge in [-0.25, -0.2) is 0 Å². The van der Waals surface area contributed by atoms with Crippen molar-refractivity contribution in [2.24, 2.45) is 11.8 Å². The molecule has 1 aromatic rings. The van der Waals surface area contributed by atoms with Gasteiger partial charge in [-0.05, 0) is 25.3 Å². The summed E-state index contributed by atoms with van der Waals surface area (Å²) in [6.45, 7) is 4.89. The van der Waals surface area contributed by atoms with Gasteiger partial charge in [-0.15, -0.1) is 0 Å². The molecule has 0 radical (unpaired) electrons. The highest BCUT2D eigenvalue weighted by Gasteiger charge is 2.41. The summed E-state index contributed by atoms with van der Waals surface area (Å²) in [7, 11) is 1.63. The van der Waals surface area contributed by atoms with Crippen LogP contribution in [-0.4, -0.2) is 50.1 Å². The molecule has 0 spiro atoms. The Morgan fingerprint density at radius 2 is 2.14 bits per heavy atom. The number of carbonyl (C=O) groups is 2. The van der Waals surface area contributed by atoms with Crippen LogP contribution >= 0.6 is 0 Å². The lowest BCUT2D eigenvalue weighted by Gasteiger charge is -2.41. The molecule has 2 fully saturated rings. The SMILES string of the molecule is CCCCN1C(=O)CCC(C(=O)NCC2CCOC2)C1c1ccccc1OC. The number of hydrogen-bond donors (Lipinski definition) is 1. The summed E-state index contributed by atoms with van der Waals surface area (Å²) in [6.07, 6.45) is 3.89. The number of carbonyl (C=O) groups excluding carboxylic acids is 2. The zero-order chi connectivity index (χ0) is 19.9. The molecule has 0 aromatic heterocycles. The van der Waals surface area contributed by atoms with E-state index in [4.69, 9.17) is 9.47 Å². The Kier molecular flexibility index (Phi) is 7.31. The second-order valence-corrected chi connectivity index (χ2v) is 7.75. The Morgan fingerprint density at radius 1 is 1.32 bits per heavy atom. The van der Waals surface area contributed by atoms with Crippen molar-refractivity contribution >= 4 is 11.8 Å². The number of para-hydroxylation sites is 1. The molecule has 6 nitrogen and oxygen atoms in total. The number of methoxy groups -OCH3 is 1. The molecule has 2 amide bonds. The van der Waals surface area contributed by atoms with E-state index in [0.717, 1.165) is 37.2 Å². The fraction of sp³-hybridized carbons (Fsp3) is 0.636. The first-order chi connectivity index (χ1) is 13.7. The van der Waals surface area contributed by atoms with Crippen molar-refractivity contribution < 1.29 is 19.1 Å². The van der Waals surface area contributed by atoms with Gasteiger partial charge in [0.05, 0.1) is 25.7 Å². The summed E-state index contributed by atoms with van der Waals surface area (Å²) >= 11 is 0. The van der Waals surface area contributed by atoms with E-state index in [9.17, 15) is 9.59 Å². The topological polar surface area (TPSA) is 67.9 Å². The van der Waals surface area contributed by atoms with Crippen LogP contribution in [0.5, 0.6) is 5.75 Å². The van der Waals surface area contributed by atoms with Crippen LogP contribution in [0.15, 0.2) is 24.3 Å². The number of ether oxygens (including phenoxy) is 2. The normalized spacial score (nSPS) is 25.0. The third kappa shape index (κ3) is 4.66. The van der Waals surface area contributed by atoms with Gasteiger partial charge in [0.15, 0.2) is 0 Å². The largest absolute Gasteiger partial charge is 0.496 e. The van der Waals surface area contributed by atoms with E-state index in [1.807, 2.05) is 29.2 Å². The van der Waals surface area contributed by atoms with Crippen molar-refractivity contribution in [2.75, 3.05) is 33.4 Å². The second-order valence-electron chi connectivity index (χ2n) is 7.75. The van der Waals surface area contributed by atoms with Gasteiger partial charge in [0.1, 0.15) is 5.75 Å². The van der Waals surface area contributed by atoms with Gasteiger partial charge in [0, 0.05) is 37.6 Å². The number of piperidine rings is 1. The molecule has 3 unspecified atom stereocenters. The van der Waals surface area contributed by atoms with Crippen molar-refractivity contribution in [3.05, 3.63) is 29.8 Å². The molecule has 2 aliphatic heterocycles. The molecule has 2 aliphatic rings. The Labute approximate surface area is 167 Å². The number of likely N-dealkylation sites (tertiary alicyclic amines) is 1. The molecular weight excluding hydrogens is 356 g/mol. The monoisotopic (exact) mass is 388 g/mol. The molecule has 3 rings (SSSR count). The van der Waals surface area contributed by atoms with Crippen molar-refractivity contribution in [1.29, 1.82) is 0 Å². The molecule has 1 aromatic carbocycles. The number of nitrogens with zero attached hydrogens (tertiary/aromatic N) is 1. The first-order valence-electron chi connectivity index (χ1n) is 10.4. The Morgan fingerprint density at radius 3 is 2.86 bits per heavy atom. The molecule has 28 heavy (non-hydrogen) atoms. The maximum atomic E-state index is 13.1.